The predicted molar refractivity (Wildman–Crippen MR) is 105 cm³/mol. The van der Waals surface area contributed by atoms with Gasteiger partial charge >= 0.3 is 0 Å². The summed E-state index contributed by atoms with van der Waals surface area (Å²) in [5, 5.41) is 3.66. The highest BCUT2D eigenvalue weighted by molar-refractivity contribution is 6.32. The maximum absolute atomic E-state index is 11.5. The van der Waals surface area contributed by atoms with Crippen LogP contribution in [0.1, 0.15) is 17.3 Å². The van der Waals surface area contributed by atoms with Gasteiger partial charge in [-0.25, -0.2) is 9.97 Å². The van der Waals surface area contributed by atoms with E-state index in [0.29, 0.717) is 27.9 Å². The second-order valence-corrected chi connectivity index (χ2v) is 6.32. The number of H-pyrrole nitrogens is 1. The van der Waals surface area contributed by atoms with Gasteiger partial charge in [0, 0.05) is 17.4 Å². The van der Waals surface area contributed by atoms with Crippen molar-refractivity contribution in [3.05, 3.63) is 71.6 Å². The Kier molecular flexibility index (Phi) is 4.48. The molecule has 0 saturated carbocycles. The molecule has 27 heavy (non-hydrogen) atoms. The minimum Gasteiger partial charge on any atom is -0.456 e. The molecule has 2 aromatic carbocycles. The van der Waals surface area contributed by atoms with Crippen molar-refractivity contribution in [2.24, 2.45) is 0 Å². The first-order chi connectivity index (χ1) is 13.1. The van der Waals surface area contributed by atoms with E-state index in [1.54, 1.807) is 36.4 Å². The molecule has 6 nitrogen and oxygen atoms in total. The number of aromatic amines is 1. The Labute approximate surface area is 160 Å². The van der Waals surface area contributed by atoms with Gasteiger partial charge in [-0.3, -0.25) is 4.79 Å². The average molecular weight is 379 g/mol. The molecule has 0 amide bonds. The molecule has 0 fully saturated rings. The number of Topliss-reactive ketones (excluding diaryl/α,β-unsaturated/α-hetero) is 1. The van der Waals surface area contributed by atoms with Crippen molar-refractivity contribution in [3.8, 4) is 11.5 Å². The summed E-state index contributed by atoms with van der Waals surface area (Å²) in [7, 11) is 0. The number of nitrogens with zero attached hydrogens (tertiary/aromatic N) is 2. The highest BCUT2D eigenvalue weighted by atomic mass is 35.5. The molecule has 0 unspecified atom stereocenters. The molecular formula is C20H15ClN4O2. The number of anilines is 2. The highest BCUT2D eigenvalue weighted by Gasteiger charge is 2.09. The summed E-state index contributed by atoms with van der Waals surface area (Å²) in [6, 6.07) is 14.2. The van der Waals surface area contributed by atoms with Gasteiger partial charge < -0.3 is 15.0 Å². The molecule has 4 rings (SSSR count). The Hall–Kier alpha value is -3.38. The van der Waals surface area contributed by atoms with E-state index in [2.05, 4.69) is 20.3 Å². The monoisotopic (exact) mass is 378 g/mol. The first-order valence-corrected chi connectivity index (χ1v) is 8.61. The lowest BCUT2D eigenvalue weighted by Crippen LogP contribution is -1.96. The minimum atomic E-state index is -0.0217. The molecule has 0 radical (unpaired) electrons. The van der Waals surface area contributed by atoms with Gasteiger partial charge in [0.1, 0.15) is 23.3 Å². The van der Waals surface area contributed by atoms with Crippen LogP contribution in [0.5, 0.6) is 11.5 Å². The van der Waals surface area contributed by atoms with Crippen LogP contribution >= 0.6 is 11.6 Å². The Bertz CT molecular complexity index is 1140. The van der Waals surface area contributed by atoms with Crippen LogP contribution in [0.25, 0.3) is 11.0 Å². The zero-order valence-electron chi connectivity index (χ0n) is 14.4. The molecule has 0 spiro atoms. The third kappa shape index (κ3) is 3.61. The smallest absolute Gasteiger partial charge is 0.159 e. The lowest BCUT2D eigenvalue weighted by atomic mass is 10.1. The maximum Gasteiger partial charge on any atom is 0.159 e. The van der Waals surface area contributed by atoms with Gasteiger partial charge in [-0.05, 0) is 43.3 Å². The number of hydrogen-bond donors (Lipinski definition) is 2. The summed E-state index contributed by atoms with van der Waals surface area (Å²) in [6.07, 6.45) is 3.31. The van der Waals surface area contributed by atoms with Crippen molar-refractivity contribution in [2.75, 3.05) is 5.32 Å². The van der Waals surface area contributed by atoms with E-state index in [1.807, 2.05) is 18.3 Å². The fraction of sp³-hybridized carbons (Fsp3) is 0.0500. The minimum absolute atomic E-state index is 0.0217. The Morgan fingerprint density at radius 3 is 2.85 bits per heavy atom. The van der Waals surface area contributed by atoms with Gasteiger partial charge in [-0.15, -0.1) is 0 Å². The van der Waals surface area contributed by atoms with E-state index >= 15 is 0 Å². The van der Waals surface area contributed by atoms with Crippen LogP contribution in [0, 0.1) is 0 Å². The van der Waals surface area contributed by atoms with Crippen LogP contribution < -0.4 is 10.1 Å². The second-order valence-electron chi connectivity index (χ2n) is 5.92. The van der Waals surface area contributed by atoms with E-state index in [4.69, 9.17) is 16.3 Å². The van der Waals surface area contributed by atoms with E-state index < -0.39 is 0 Å². The molecule has 2 N–H and O–H groups in total. The predicted octanol–water partition coefficient (Wildman–Crippen LogP) is 5.35. The summed E-state index contributed by atoms with van der Waals surface area (Å²) in [5.74, 6) is 1.68. The summed E-state index contributed by atoms with van der Waals surface area (Å²) in [6.45, 7) is 1.51. The zero-order chi connectivity index (χ0) is 18.8. The van der Waals surface area contributed by atoms with Crippen LogP contribution in [0.3, 0.4) is 0 Å². The van der Waals surface area contributed by atoms with Crippen LogP contribution in [0.2, 0.25) is 5.02 Å². The standard InChI is InChI=1S/C20H15ClN4O2/c1-12(26)13-3-2-4-15(9-13)27-18-6-5-14(10-16(18)21)25-20-19-17(7-8-22-19)23-11-24-20/h2-11,22H,1H3,(H,23,24,25). The number of rotatable bonds is 5. The first-order valence-electron chi connectivity index (χ1n) is 8.24. The molecule has 0 aliphatic carbocycles. The van der Waals surface area contributed by atoms with Gasteiger partial charge in [-0.1, -0.05) is 23.7 Å². The third-order valence-corrected chi connectivity index (χ3v) is 4.30. The largest absolute Gasteiger partial charge is 0.456 e. The van der Waals surface area contributed by atoms with Gasteiger partial charge in [0.15, 0.2) is 11.6 Å². The normalized spacial score (nSPS) is 10.7. The summed E-state index contributed by atoms with van der Waals surface area (Å²) >= 11 is 6.37. The highest BCUT2D eigenvalue weighted by Crippen LogP contribution is 2.33. The molecule has 0 saturated heterocycles. The number of ketones is 1. The summed E-state index contributed by atoms with van der Waals surface area (Å²) < 4.78 is 5.82. The molecular weight excluding hydrogens is 364 g/mol. The van der Waals surface area contributed by atoms with Crippen molar-refractivity contribution < 1.29 is 9.53 Å². The number of halogens is 1. The number of carbonyl (C=O) groups excluding carboxylic acids is 1. The quantitative estimate of drug-likeness (QED) is 0.457. The second kappa shape index (κ2) is 7.09. The van der Waals surface area contributed by atoms with Crippen LogP contribution in [0.4, 0.5) is 11.5 Å². The van der Waals surface area contributed by atoms with Crippen molar-refractivity contribution in [1.82, 2.24) is 15.0 Å². The van der Waals surface area contributed by atoms with Crippen molar-refractivity contribution in [1.29, 1.82) is 0 Å². The molecule has 134 valence electrons. The molecule has 7 heteroatoms. The molecule has 2 heterocycles. The molecule has 0 aliphatic rings. The van der Waals surface area contributed by atoms with E-state index in [-0.39, 0.29) is 5.78 Å². The van der Waals surface area contributed by atoms with Crippen molar-refractivity contribution >= 4 is 39.9 Å². The van der Waals surface area contributed by atoms with Gasteiger partial charge in [0.05, 0.1) is 10.5 Å². The molecule has 2 aromatic heterocycles. The molecule has 0 bridgehead atoms. The van der Waals surface area contributed by atoms with Crippen molar-refractivity contribution in [3.63, 3.8) is 0 Å². The van der Waals surface area contributed by atoms with Crippen molar-refractivity contribution in [2.45, 2.75) is 6.92 Å². The van der Waals surface area contributed by atoms with Gasteiger partial charge in [0.2, 0.25) is 0 Å². The van der Waals surface area contributed by atoms with E-state index in [9.17, 15) is 4.79 Å². The number of hydrogen-bond acceptors (Lipinski definition) is 5. The lowest BCUT2D eigenvalue weighted by molar-refractivity contribution is 0.101. The number of fused-ring (bicyclic) bond motifs is 1. The van der Waals surface area contributed by atoms with Crippen LogP contribution in [-0.2, 0) is 0 Å². The lowest BCUT2D eigenvalue weighted by Gasteiger charge is -2.11. The van der Waals surface area contributed by atoms with E-state index in [0.717, 1.165) is 16.7 Å². The number of ether oxygens (including phenoxy) is 1. The number of aromatic nitrogens is 3. The third-order valence-electron chi connectivity index (χ3n) is 4.01. The van der Waals surface area contributed by atoms with E-state index in [1.165, 1.54) is 13.3 Å². The van der Waals surface area contributed by atoms with Gasteiger partial charge in [-0.2, -0.15) is 0 Å². The Morgan fingerprint density at radius 2 is 2.04 bits per heavy atom. The summed E-state index contributed by atoms with van der Waals surface area (Å²) in [4.78, 5) is 23.1. The van der Waals surface area contributed by atoms with Crippen LogP contribution in [0.15, 0.2) is 61.1 Å². The molecule has 0 aliphatic heterocycles. The van der Waals surface area contributed by atoms with Gasteiger partial charge in [0.25, 0.3) is 0 Å². The number of carbonyl (C=O) groups is 1. The molecule has 4 aromatic rings. The fourth-order valence-corrected chi connectivity index (χ4v) is 2.89. The topological polar surface area (TPSA) is 79.9 Å². The number of nitrogens with one attached hydrogen (secondary N) is 2. The van der Waals surface area contributed by atoms with Crippen LogP contribution in [-0.4, -0.2) is 20.7 Å². The maximum atomic E-state index is 11.5. The Balaban J connectivity index is 1.57. The first kappa shape index (κ1) is 17.1. The number of benzene rings is 2. The Morgan fingerprint density at radius 1 is 1.15 bits per heavy atom. The SMILES string of the molecule is CC(=O)c1cccc(Oc2ccc(Nc3ncnc4cc[nH]c34)cc2Cl)c1. The zero-order valence-corrected chi connectivity index (χ0v) is 15.1. The summed E-state index contributed by atoms with van der Waals surface area (Å²) in [5.41, 5.74) is 2.99. The average Bonchev–Trinajstić information content (AvgIpc) is 3.14. The fourth-order valence-electron chi connectivity index (χ4n) is 2.67. The molecule has 0 atom stereocenters.